The predicted molar refractivity (Wildman–Crippen MR) is 59.0 cm³/mol. The summed E-state index contributed by atoms with van der Waals surface area (Å²) in [5.41, 5.74) is 0. The van der Waals surface area contributed by atoms with E-state index < -0.39 is 9.84 Å². The molecule has 3 nitrogen and oxygen atoms in total. The summed E-state index contributed by atoms with van der Waals surface area (Å²) < 4.78 is 22.6. The third-order valence-electron chi connectivity index (χ3n) is 2.24. The van der Waals surface area contributed by atoms with Crippen molar-refractivity contribution < 1.29 is 13.5 Å². The van der Waals surface area contributed by atoms with Crippen molar-refractivity contribution in [2.24, 2.45) is 5.92 Å². The van der Waals surface area contributed by atoms with Gasteiger partial charge >= 0.3 is 0 Å². The van der Waals surface area contributed by atoms with Crippen molar-refractivity contribution in [2.75, 3.05) is 11.5 Å². The van der Waals surface area contributed by atoms with E-state index in [1.807, 2.05) is 20.8 Å². The van der Waals surface area contributed by atoms with Crippen LogP contribution >= 0.6 is 0 Å². The maximum atomic E-state index is 11.3. The molecule has 0 amide bonds. The number of sulfone groups is 1. The van der Waals surface area contributed by atoms with Gasteiger partial charge in [0, 0.05) is 5.75 Å². The molecule has 0 saturated heterocycles. The van der Waals surface area contributed by atoms with E-state index in [1.165, 1.54) is 0 Å². The monoisotopic (exact) mass is 222 g/mol. The fourth-order valence-electron chi connectivity index (χ4n) is 1.26. The Hall–Kier alpha value is -0.0900. The number of aliphatic hydroxyl groups is 1. The molecule has 0 spiro atoms. The summed E-state index contributed by atoms with van der Waals surface area (Å²) in [6.45, 7) is 5.73. The molecule has 0 fully saturated rings. The van der Waals surface area contributed by atoms with Gasteiger partial charge in [0.05, 0.1) is 11.9 Å². The van der Waals surface area contributed by atoms with E-state index in [9.17, 15) is 13.5 Å². The van der Waals surface area contributed by atoms with Crippen molar-refractivity contribution in [3.8, 4) is 0 Å². The zero-order valence-electron chi connectivity index (χ0n) is 9.36. The summed E-state index contributed by atoms with van der Waals surface area (Å²) in [6, 6.07) is 0. The molecule has 1 unspecified atom stereocenters. The maximum absolute atomic E-state index is 11.3. The molecule has 0 aromatic heterocycles. The smallest absolute Gasteiger partial charge is 0.150 e. The van der Waals surface area contributed by atoms with Gasteiger partial charge in [-0.3, -0.25) is 0 Å². The molecule has 14 heavy (non-hydrogen) atoms. The standard InChI is InChI=1S/C10H22O3S/c1-4-7-14(12,13)8-5-6-10(11)9(2)3/h9-11H,4-8H2,1-3H3. The van der Waals surface area contributed by atoms with E-state index in [1.54, 1.807) is 0 Å². The molecule has 4 heteroatoms. The van der Waals surface area contributed by atoms with Crippen LogP contribution in [-0.2, 0) is 9.84 Å². The number of rotatable bonds is 7. The topological polar surface area (TPSA) is 54.4 Å². The van der Waals surface area contributed by atoms with E-state index in [0.29, 0.717) is 19.3 Å². The van der Waals surface area contributed by atoms with Crippen LogP contribution in [0.4, 0.5) is 0 Å². The van der Waals surface area contributed by atoms with E-state index in [2.05, 4.69) is 0 Å². The van der Waals surface area contributed by atoms with Gasteiger partial charge in [-0.2, -0.15) is 0 Å². The second-order valence-corrected chi connectivity index (χ2v) is 6.41. The highest BCUT2D eigenvalue weighted by molar-refractivity contribution is 7.91. The largest absolute Gasteiger partial charge is 0.393 e. The minimum absolute atomic E-state index is 0.212. The number of hydrogen-bond acceptors (Lipinski definition) is 3. The summed E-state index contributed by atoms with van der Waals surface area (Å²) >= 11 is 0. The highest BCUT2D eigenvalue weighted by Gasteiger charge is 2.12. The Bertz CT molecular complexity index is 232. The van der Waals surface area contributed by atoms with Crippen molar-refractivity contribution in [3.63, 3.8) is 0 Å². The molecule has 1 N–H and O–H groups in total. The first-order chi connectivity index (χ1) is 6.39. The lowest BCUT2D eigenvalue weighted by Crippen LogP contribution is -2.17. The Morgan fingerprint density at radius 3 is 2.21 bits per heavy atom. The zero-order valence-corrected chi connectivity index (χ0v) is 10.2. The third-order valence-corrected chi connectivity index (χ3v) is 4.18. The molecule has 0 rings (SSSR count). The molecule has 0 aromatic rings. The average Bonchev–Trinajstić information content (AvgIpc) is 2.03. The fraction of sp³-hybridized carbons (Fsp3) is 1.00. The molecule has 1 atom stereocenters. The Labute approximate surface area is 87.4 Å². The van der Waals surface area contributed by atoms with Crippen molar-refractivity contribution in [1.29, 1.82) is 0 Å². The maximum Gasteiger partial charge on any atom is 0.150 e. The Kier molecular flexibility index (Phi) is 6.36. The van der Waals surface area contributed by atoms with Crippen LogP contribution in [-0.4, -0.2) is 31.1 Å². The van der Waals surface area contributed by atoms with E-state index in [-0.39, 0.29) is 23.5 Å². The lowest BCUT2D eigenvalue weighted by molar-refractivity contribution is 0.115. The molecule has 0 radical (unpaired) electrons. The van der Waals surface area contributed by atoms with Crippen LogP contribution < -0.4 is 0 Å². The molecule has 86 valence electrons. The van der Waals surface area contributed by atoms with E-state index in [4.69, 9.17) is 0 Å². The van der Waals surface area contributed by atoms with Crippen LogP contribution in [0.25, 0.3) is 0 Å². The van der Waals surface area contributed by atoms with Gasteiger partial charge in [0.15, 0.2) is 0 Å². The molecule has 0 aliphatic rings. The summed E-state index contributed by atoms with van der Waals surface area (Å²) in [5.74, 6) is 0.693. The molecule has 0 aliphatic carbocycles. The third kappa shape index (κ3) is 6.38. The Balaban J connectivity index is 3.74. The molecule has 0 saturated carbocycles. The van der Waals surface area contributed by atoms with Gasteiger partial charge in [-0.1, -0.05) is 20.8 Å². The average molecular weight is 222 g/mol. The Morgan fingerprint density at radius 1 is 1.21 bits per heavy atom. The van der Waals surface area contributed by atoms with Crippen molar-refractivity contribution >= 4 is 9.84 Å². The van der Waals surface area contributed by atoms with E-state index >= 15 is 0 Å². The first-order valence-electron chi connectivity index (χ1n) is 5.27. The van der Waals surface area contributed by atoms with Gasteiger partial charge in [-0.05, 0) is 25.2 Å². The van der Waals surface area contributed by atoms with Crippen LogP contribution in [0.2, 0.25) is 0 Å². The van der Waals surface area contributed by atoms with Gasteiger partial charge in [0.1, 0.15) is 9.84 Å². The molecular weight excluding hydrogens is 200 g/mol. The lowest BCUT2D eigenvalue weighted by Gasteiger charge is -2.13. The van der Waals surface area contributed by atoms with Crippen LogP contribution in [0, 0.1) is 5.92 Å². The van der Waals surface area contributed by atoms with Gasteiger partial charge in [-0.25, -0.2) is 8.42 Å². The summed E-state index contributed by atoms with van der Waals surface area (Å²) in [4.78, 5) is 0. The van der Waals surface area contributed by atoms with Crippen molar-refractivity contribution in [2.45, 2.75) is 46.1 Å². The normalized spacial score (nSPS) is 14.6. The second-order valence-electron chi connectivity index (χ2n) is 4.11. The number of hydrogen-bond donors (Lipinski definition) is 1. The SMILES string of the molecule is CCCS(=O)(=O)CCCC(O)C(C)C. The summed E-state index contributed by atoms with van der Waals surface area (Å²) in [5, 5.41) is 9.46. The lowest BCUT2D eigenvalue weighted by atomic mass is 10.0. The first-order valence-corrected chi connectivity index (χ1v) is 7.09. The van der Waals surface area contributed by atoms with Crippen LogP contribution in [0.1, 0.15) is 40.0 Å². The molecular formula is C10H22O3S. The summed E-state index contributed by atoms with van der Waals surface area (Å²) in [7, 11) is -2.86. The van der Waals surface area contributed by atoms with E-state index in [0.717, 1.165) is 0 Å². The molecule has 0 aromatic carbocycles. The van der Waals surface area contributed by atoms with Crippen molar-refractivity contribution in [1.82, 2.24) is 0 Å². The van der Waals surface area contributed by atoms with Crippen LogP contribution in [0.5, 0.6) is 0 Å². The van der Waals surface area contributed by atoms with Crippen LogP contribution in [0.3, 0.4) is 0 Å². The fourth-order valence-corrected chi connectivity index (χ4v) is 2.69. The highest BCUT2D eigenvalue weighted by atomic mass is 32.2. The molecule has 0 heterocycles. The zero-order chi connectivity index (χ0) is 11.2. The van der Waals surface area contributed by atoms with Gasteiger partial charge in [-0.15, -0.1) is 0 Å². The predicted octanol–water partition coefficient (Wildman–Crippen LogP) is 1.61. The quantitative estimate of drug-likeness (QED) is 0.712. The number of aliphatic hydroxyl groups excluding tert-OH is 1. The van der Waals surface area contributed by atoms with Gasteiger partial charge < -0.3 is 5.11 Å². The highest BCUT2D eigenvalue weighted by Crippen LogP contribution is 2.09. The van der Waals surface area contributed by atoms with Gasteiger partial charge in [0.25, 0.3) is 0 Å². The second kappa shape index (κ2) is 6.40. The molecule has 0 aliphatic heterocycles. The summed E-state index contributed by atoms with van der Waals surface area (Å²) in [6.07, 6.45) is 1.46. The Morgan fingerprint density at radius 2 is 1.79 bits per heavy atom. The van der Waals surface area contributed by atoms with Gasteiger partial charge in [0.2, 0.25) is 0 Å². The first kappa shape index (κ1) is 13.9. The molecule has 0 bridgehead atoms. The van der Waals surface area contributed by atoms with Crippen LogP contribution in [0.15, 0.2) is 0 Å². The van der Waals surface area contributed by atoms with Crippen molar-refractivity contribution in [3.05, 3.63) is 0 Å². The minimum atomic E-state index is -2.86. The minimum Gasteiger partial charge on any atom is -0.393 e.